The molecular weight excluding hydrogens is 356 g/mol. The summed E-state index contributed by atoms with van der Waals surface area (Å²) >= 11 is 0. The number of hydrogen-bond donors (Lipinski definition) is 0. The monoisotopic (exact) mass is 398 g/mol. The molecule has 0 aliphatic heterocycles. The van der Waals surface area contributed by atoms with Crippen molar-refractivity contribution < 1.29 is 9.47 Å². The predicted octanol–water partition coefficient (Wildman–Crippen LogP) is 7.97. The quantitative estimate of drug-likeness (QED) is 0.278. The van der Waals surface area contributed by atoms with Crippen molar-refractivity contribution >= 4 is 0 Å². The minimum absolute atomic E-state index is 0.726. The van der Waals surface area contributed by atoms with E-state index in [1.54, 1.807) is 0 Å². The van der Waals surface area contributed by atoms with Crippen molar-refractivity contribution in [3.05, 3.63) is 36.4 Å². The van der Waals surface area contributed by atoms with Crippen molar-refractivity contribution in [3.8, 4) is 11.5 Å². The molecule has 1 aromatic carbocycles. The Balaban J connectivity index is 1.29. The summed E-state index contributed by atoms with van der Waals surface area (Å²) in [7, 11) is 0. The number of benzene rings is 1. The lowest BCUT2D eigenvalue weighted by molar-refractivity contribution is 0.141. The van der Waals surface area contributed by atoms with E-state index in [2.05, 4.69) is 37.8 Å². The van der Waals surface area contributed by atoms with Crippen LogP contribution in [-0.4, -0.2) is 13.2 Å². The molecule has 2 nitrogen and oxygen atoms in total. The van der Waals surface area contributed by atoms with Crippen LogP contribution < -0.4 is 9.47 Å². The van der Waals surface area contributed by atoms with Crippen LogP contribution in [0.3, 0.4) is 0 Å². The van der Waals surface area contributed by atoms with E-state index in [-0.39, 0.29) is 0 Å². The minimum Gasteiger partial charge on any atom is -0.494 e. The van der Waals surface area contributed by atoms with Crippen LogP contribution in [0.4, 0.5) is 0 Å². The standard InChI is InChI=1S/C27H42O2/c1-3-4-5-6-7-20-28-26-16-18-27(19-17-26)29-21-23-10-14-25(15-11-23)24-12-8-22(2)9-13-24/h16-19,23-25H,2-15,20-21H2,1H3. The zero-order valence-electron chi connectivity index (χ0n) is 18.7. The van der Waals surface area contributed by atoms with Crippen molar-refractivity contribution in [2.45, 2.75) is 90.4 Å². The molecular formula is C27H42O2. The van der Waals surface area contributed by atoms with Crippen molar-refractivity contribution in [3.63, 3.8) is 0 Å². The molecule has 0 saturated heterocycles. The maximum Gasteiger partial charge on any atom is 0.119 e. The molecule has 0 atom stereocenters. The van der Waals surface area contributed by atoms with Gasteiger partial charge < -0.3 is 9.47 Å². The molecule has 2 heteroatoms. The highest BCUT2D eigenvalue weighted by molar-refractivity contribution is 5.31. The fourth-order valence-electron chi connectivity index (χ4n) is 5.09. The van der Waals surface area contributed by atoms with Gasteiger partial charge in [0.2, 0.25) is 0 Å². The smallest absolute Gasteiger partial charge is 0.119 e. The van der Waals surface area contributed by atoms with Gasteiger partial charge in [-0.3, -0.25) is 0 Å². The van der Waals surface area contributed by atoms with Crippen LogP contribution in [0.1, 0.15) is 90.4 Å². The molecule has 2 fully saturated rings. The molecule has 0 heterocycles. The Hall–Kier alpha value is -1.44. The first-order chi connectivity index (χ1) is 14.2. The summed E-state index contributed by atoms with van der Waals surface area (Å²) in [6.07, 6.45) is 17.2. The van der Waals surface area contributed by atoms with E-state index in [0.717, 1.165) is 48.9 Å². The first kappa shape index (κ1) is 22.2. The Bertz CT molecular complexity index is 573. The Morgan fingerprint density at radius 1 is 0.759 bits per heavy atom. The molecule has 2 aliphatic carbocycles. The lowest BCUT2D eigenvalue weighted by atomic mass is 9.70. The van der Waals surface area contributed by atoms with E-state index in [1.807, 2.05) is 0 Å². The molecule has 3 rings (SSSR count). The molecule has 0 bridgehead atoms. The highest BCUT2D eigenvalue weighted by atomic mass is 16.5. The van der Waals surface area contributed by atoms with Crippen LogP contribution in [0.25, 0.3) is 0 Å². The molecule has 0 amide bonds. The third kappa shape index (κ3) is 7.72. The van der Waals surface area contributed by atoms with Gasteiger partial charge in [-0.15, -0.1) is 0 Å². The number of ether oxygens (including phenoxy) is 2. The summed E-state index contributed by atoms with van der Waals surface area (Å²) in [4.78, 5) is 0. The molecule has 0 N–H and O–H groups in total. The number of rotatable bonds is 11. The second-order valence-corrected chi connectivity index (χ2v) is 9.41. The van der Waals surface area contributed by atoms with E-state index >= 15 is 0 Å². The SMILES string of the molecule is C=C1CCC(C2CCC(COc3ccc(OCCCCCCC)cc3)CC2)CC1. The summed E-state index contributed by atoms with van der Waals surface area (Å²) in [5, 5.41) is 0. The summed E-state index contributed by atoms with van der Waals surface area (Å²) in [6.45, 7) is 8.11. The number of allylic oxidation sites excluding steroid dienone is 1. The normalized spacial score (nSPS) is 23.1. The van der Waals surface area contributed by atoms with Gasteiger partial charge >= 0.3 is 0 Å². The average molecular weight is 399 g/mol. The van der Waals surface area contributed by atoms with Gasteiger partial charge in [0.1, 0.15) is 11.5 Å². The molecule has 0 unspecified atom stereocenters. The summed E-state index contributed by atoms with van der Waals surface area (Å²) < 4.78 is 11.9. The first-order valence-electron chi connectivity index (χ1n) is 12.3. The van der Waals surface area contributed by atoms with Crippen molar-refractivity contribution in [2.75, 3.05) is 13.2 Å². The third-order valence-electron chi connectivity index (χ3n) is 7.12. The third-order valence-corrected chi connectivity index (χ3v) is 7.12. The molecule has 1 aromatic rings. The molecule has 29 heavy (non-hydrogen) atoms. The van der Waals surface area contributed by atoms with Gasteiger partial charge in [-0.2, -0.15) is 0 Å². The second kappa shape index (κ2) is 12.3. The molecule has 0 spiro atoms. The summed E-state index contributed by atoms with van der Waals surface area (Å²) in [5.74, 6) is 4.58. The Labute approximate surface area is 179 Å². The number of unbranched alkanes of at least 4 members (excludes halogenated alkanes) is 4. The van der Waals surface area contributed by atoms with Gasteiger partial charge in [0, 0.05) is 0 Å². The lowest BCUT2D eigenvalue weighted by Gasteiger charge is -2.36. The van der Waals surface area contributed by atoms with Gasteiger partial charge in [0.15, 0.2) is 0 Å². The van der Waals surface area contributed by atoms with Crippen LogP contribution >= 0.6 is 0 Å². The largest absolute Gasteiger partial charge is 0.494 e. The molecule has 0 aromatic heterocycles. The summed E-state index contributed by atoms with van der Waals surface area (Å²) in [5.41, 5.74) is 1.48. The molecule has 2 saturated carbocycles. The second-order valence-electron chi connectivity index (χ2n) is 9.41. The highest BCUT2D eigenvalue weighted by Gasteiger charge is 2.29. The van der Waals surface area contributed by atoms with Crippen LogP contribution in [0.15, 0.2) is 36.4 Å². The number of hydrogen-bond acceptors (Lipinski definition) is 2. The van der Waals surface area contributed by atoms with E-state index in [4.69, 9.17) is 9.47 Å². The predicted molar refractivity (Wildman–Crippen MR) is 123 cm³/mol. The maximum absolute atomic E-state index is 6.10. The fourth-order valence-corrected chi connectivity index (χ4v) is 5.09. The van der Waals surface area contributed by atoms with Crippen molar-refractivity contribution in [1.82, 2.24) is 0 Å². The van der Waals surface area contributed by atoms with Crippen LogP contribution in [0, 0.1) is 17.8 Å². The van der Waals surface area contributed by atoms with E-state index in [1.165, 1.54) is 82.6 Å². The molecule has 0 radical (unpaired) electrons. The zero-order valence-corrected chi connectivity index (χ0v) is 18.7. The Morgan fingerprint density at radius 2 is 1.34 bits per heavy atom. The zero-order chi connectivity index (χ0) is 20.3. The van der Waals surface area contributed by atoms with E-state index in [0.29, 0.717) is 0 Å². The van der Waals surface area contributed by atoms with Crippen LogP contribution in [0.5, 0.6) is 11.5 Å². The average Bonchev–Trinajstić information content (AvgIpc) is 2.76. The van der Waals surface area contributed by atoms with Crippen molar-refractivity contribution in [2.24, 2.45) is 17.8 Å². The Kier molecular flexibility index (Phi) is 9.44. The van der Waals surface area contributed by atoms with Gasteiger partial charge in [-0.25, -0.2) is 0 Å². The van der Waals surface area contributed by atoms with E-state index in [9.17, 15) is 0 Å². The lowest BCUT2D eigenvalue weighted by Crippen LogP contribution is -2.26. The van der Waals surface area contributed by atoms with Crippen LogP contribution in [-0.2, 0) is 0 Å². The fraction of sp³-hybridized carbons (Fsp3) is 0.704. The topological polar surface area (TPSA) is 18.5 Å². The van der Waals surface area contributed by atoms with Crippen LogP contribution in [0.2, 0.25) is 0 Å². The van der Waals surface area contributed by atoms with Crippen molar-refractivity contribution in [1.29, 1.82) is 0 Å². The maximum atomic E-state index is 6.10. The summed E-state index contributed by atoms with van der Waals surface area (Å²) in [6, 6.07) is 8.23. The van der Waals surface area contributed by atoms with Gasteiger partial charge in [0.25, 0.3) is 0 Å². The van der Waals surface area contributed by atoms with Gasteiger partial charge in [-0.1, -0.05) is 44.8 Å². The molecule has 2 aliphatic rings. The van der Waals surface area contributed by atoms with Gasteiger partial charge in [0.05, 0.1) is 13.2 Å². The van der Waals surface area contributed by atoms with E-state index < -0.39 is 0 Å². The first-order valence-corrected chi connectivity index (χ1v) is 12.3. The molecule has 162 valence electrons. The minimum atomic E-state index is 0.726. The Morgan fingerprint density at radius 3 is 2.00 bits per heavy atom. The highest BCUT2D eigenvalue weighted by Crippen LogP contribution is 2.41. The van der Waals surface area contributed by atoms with Gasteiger partial charge in [-0.05, 0) is 99.8 Å².